The molecule has 8 aromatic rings. The van der Waals surface area contributed by atoms with Gasteiger partial charge in [-0.15, -0.1) is 0 Å². The first-order valence-electron chi connectivity index (χ1n) is 22.9. The number of hydrogen-bond acceptors (Lipinski definition) is 9. The second-order valence-electron chi connectivity index (χ2n) is 15.9. The molecule has 7 N–H and O–H groups in total. The van der Waals surface area contributed by atoms with Crippen molar-refractivity contribution in [3.63, 3.8) is 0 Å². The van der Waals surface area contributed by atoms with Gasteiger partial charge >= 0.3 is 39.1 Å². The number of halogens is 6. The molecule has 0 heterocycles. The van der Waals surface area contributed by atoms with Gasteiger partial charge in [0.2, 0.25) is 0 Å². The third kappa shape index (κ3) is 26.5. The average Bonchev–Trinajstić information content (AvgIpc) is 3.40. The number of alkyl halides is 6. The fourth-order valence-corrected chi connectivity index (χ4v) is 19.8. The van der Waals surface area contributed by atoms with Gasteiger partial charge in [-0.25, -0.2) is 16.8 Å². The molecule has 0 aliphatic heterocycles. The summed E-state index contributed by atoms with van der Waals surface area (Å²) in [6.07, 6.45) is 5.04. The van der Waals surface area contributed by atoms with Crippen LogP contribution in [0.1, 0.15) is 0 Å². The molecule has 0 aromatic heterocycles. The summed E-state index contributed by atoms with van der Waals surface area (Å²) >= 11 is 0. The van der Waals surface area contributed by atoms with E-state index in [9.17, 15) is 26.3 Å². The van der Waals surface area contributed by atoms with E-state index in [1.54, 1.807) is 0 Å². The second kappa shape index (κ2) is 37.0. The zero-order valence-electron chi connectivity index (χ0n) is 41.7. The molecule has 11 nitrogen and oxygen atoms in total. The van der Waals surface area contributed by atoms with E-state index in [4.69, 9.17) is 40.6 Å². The van der Waals surface area contributed by atoms with Crippen LogP contribution in [0.25, 0.3) is 0 Å². The van der Waals surface area contributed by atoms with Crippen LogP contribution >= 0.6 is 40.3 Å². The third-order valence-electron chi connectivity index (χ3n) is 10.8. The van der Waals surface area contributed by atoms with Crippen molar-refractivity contribution in [1.29, 1.82) is 0 Å². The fraction of sp³-hybridized carbons (Fsp3) is 0.111. The Morgan fingerprint density at radius 3 is 0.468 bits per heavy atom. The quantitative estimate of drug-likeness (QED) is 0.0341. The van der Waals surface area contributed by atoms with E-state index in [1.165, 1.54) is 67.1 Å². The topological polar surface area (TPSA) is 238 Å². The molecule has 0 aliphatic carbocycles. The molecule has 424 valence electrons. The normalized spacial score (nSPS) is 11.1. The van der Waals surface area contributed by atoms with Gasteiger partial charge in [0.15, 0.2) is 20.2 Å². The fourth-order valence-electron chi connectivity index (χ4n) is 7.44. The van der Waals surface area contributed by atoms with Crippen molar-refractivity contribution in [1.82, 2.24) is 0 Å². The molecule has 0 radical (unpaired) electrons. The Hall–Kier alpha value is -4.27. The van der Waals surface area contributed by atoms with Crippen LogP contribution in [0, 0.1) is 0 Å². The molecule has 0 spiro atoms. The molecule has 0 unspecified atom stereocenters. The van der Waals surface area contributed by atoms with Crippen molar-refractivity contribution in [3.8, 4) is 0 Å². The minimum atomic E-state index is -6.09. The molecule has 0 aliphatic rings. The molecule has 8 aromatic carbocycles. The number of hydrogen-bond donors (Lipinski definition) is 3. The van der Waals surface area contributed by atoms with E-state index in [-0.39, 0.29) is 30.4 Å². The van der Waals surface area contributed by atoms with Crippen molar-refractivity contribution in [2.45, 2.75) is 11.0 Å². The van der Waals surface area contributed by atoms with E-state index in [0.29, 0.717) is 0 Å². The molecule has 79 heavy (non-hydrogen) atoms. The largest absolute Gasteiger partial charge is 2.00 e. The van der Waals surface area contributed by atoms with Gasteiger partial charge < -0.3 is 20.1 Å². The van der Waals surface area contributed by atoms with Crippen LogP contribution in [-0.2, 0) is 39.7 Å². The van der Waals surface area contributed by atoms with Gasteiger partial charge in [0.05, 0.1) is 74.1 Å². The molecular formula is C54H60F6O11P5RuS2+5. The molecule has 0 saturated heterocycles. The number of rotatable bonds is 14. The second-order valence-corrected chi connectivity index (χ2v) is 29.7. The average molecular weight is 1320 g/mol. The monoisotopic (exact) mass is 1320 g/mol. The molecule has 8 rings (SSSR count). The van der Waals surface area contributed by atoms with Crippen LogP contribution in [0.4, 0.5) is 26.3 Å². The molecular weight excluding hydrogens is 1260 g/mol. The minimum absolute atomic E-state index is 0. The molecule has 0 fully saturated rings. The van der Waals surface area contributed by atoms with E-state index in [0.717, 1.165) is 0 Å². The van der Waals surface area contributed by atoms with Gasteiger partial charge in [-0.05, 0) is 97.1 Å². The van der Waals surface area contributed by atoms with E-state index in [1.807, 2.05) is 0 Å². The Morgan fingerprint density at radius 1 is 0.304 bits per heavy atom. The van der Waals surface area contributed by atoms with Crippen molar-refractivity contribution in [2.75, 3.05) is 24.6 Å². The molecule has 0 saturated carbocycles. The molecule has 0 amide bonds. The summed E-state index contributed by atoms with van der Waals surface area (Å²) in [5.41, 5.74) is -11.3. The van der Waals surface area contributed by atoms with Gasteiger partial charge in [0, 0.05) is 0 Å². The molecule has 0 atom stereocenters. The molecule has 25 heteroatoms. The zero-order valence-corrected chi connectivity index (χ0v) is 50.0. The Morgan fingerprint density at radius 2 is 0.392 bits per heavy atom. The van der Waals surface area contributed by atoms with Crippen LogP contribution in [0.3, 0.4) is 0 Å². The first-order chi connectivity index (χ1) is 36.1. The van der Waals surface area contributed by atoms with Gasteiger partial charge in [0.25, 0.3) is 0 Å². The van der Waals surface area contributed by atoms with Crippen molar-refractivity contribution in [2.24, 2.45) is 0 Å². The van der Waals surface area contributed by atoms with Crippen molar-refractivity contribution in [3.05, 3.63) is 243 Å². The van der Waals surface area contributed by atoms with Gasteiger partial charge in [-0.2, -0.15) is 41.0 Å². The van der Waals surface area contributed by atoms with Gasteiger partial charge in [0.1, 0.15) is 24.6 Å². The first-order valence-corrected chi connectivity index (χ1v) is 33.9. The predicted octanol–water partition coefficient (Wildman–Crippen LogP) is 6.81. The van der Waals surface area contributed by atoms with E-state index < -0.39 is 71.5 Å². The van der Waals surface area contributed by atoms with Crippen LogP contribution in [0.5, 0.6) is 0 Å². The number of benzene rings is 8. The van der Waals surface area contributed by atoms with Crippen LogP contribution in [0.2, 0.25) is 0 Å². The summed E-state index contributed by atoms with van der Waals surface area (Å²) in [7, 11) is -18.2. The molecule has 0 bridgehead atoms. The van der Waals surface area contributed by atoms with Gasteiger partial charge in [-0.3, -0.25) is 0 Å². The predicted molar refractivity (Wildman–Crippen MR) is 315 cm³/mol. The Labute approximate surface area is 475 Å². The third-order valence-corrected chi connectivity index (χ3v) is 24.2. The minimum Gasteiger partial charge on any atom is -0.741 e. The van der Waals surface area contributed by atoms with Crippen molar-refractivity contribution >= 4 is 103 Å². The Bertz CT molecular complexity index is 2540. The summed E-state index contributed by atoms with van der Waals surface area (Å²) in [6.45, 7) is 0. The van der Waals surface area contributed by atoms with Crippen molar-refractivity contribution < 1.29 is 97.4 Å². The standard InChI is InChI=1S/2C26H24P2.2CHF3O3S.H4O3P.2H2O.Ru/c2*1-5-13-23(14-6-1)27(24-15-7-2-8-16-24)21-22-28(25-17-9-3-10-18-25)26-19-11-4-12-20-26;2*2-1(3,4)8(5,6)7;1-4(2)3;;;/h2*1-20H,21-22H2;2*(H,5,6,7);1-4H;2*1H2;/q;;;;+1;;;+2/p+2. The smallest absolute Gasteiger partial charge is 0.741 e. The SMILES string of the molecule is O.O.O=S(=O)([O-])C(F)(F)F.O=S(=O)([O-])C(F)(F)F.O[PH+](O)O.[Ru+2].c1ccc([PH+](CC[PH+](c2ccccc2)c2ccccc2)c2ccccc2)cc1.c1ccc([PH+](CC[PH+](c2ccccc2)c2ccccc2)c2ccccc2)cc1. The summed E-state index contributed by atoms with van der Waals surface area (Å²) in [6, 6.07) is 89.0. The van der Waals surface area contributed by atoms with Crippen LogP contribution in [-0.4, -0.2) is 87.2 Å². The Balaban J connectivity index is 0.000000574. The summed E-state index contributed by atoms with van der Waals surface area (Å²) < 4.78 is 118. The maximum atomic E-state index is 10.7. The summed E-state index contributed by atoms with van der Waals surface area (Å²) in [5, 5.41) is 12.1. The van der Waals surface area contributed by atoms with Crippen LogP contribution in [0.15, 0.2) is 243 Å². The summed E-state index contributed by atoms with van der Waals surface area (Å²) in [5.74, 6) is 0. The Kier molecular flexibility index (Phi) is 34.0. The maximum Gasteiger partial charge on any atom is 2.00 e. The van der Waals surface area contributed by atoms with Crippen LogP contribution < -0.4 is 42.4 Å². The first kappa shape index (κ1) is 72.7. The zero-order chi connectivity index (χ0) is 55.6. The van der Waals surface area contributed by atoms with E-state index in [2.05, 4.69) is 243 Å². The van der Waals surface area contributed by atoms with E-state index >= 15 is 0 Å². The summed E-state index contributed by atoms with van der Waals surface area (Å²) in [4.78, 5) is 21.8. The maximum absolute atomic E-state index is 10.7. The van der Waals surface area contributed by atoms with Gasteiger partial charge in [-0.1, -0.05) is 146 Å².